The quantitative estimate of drug-likeness (QED) is 0.210. The summed E-state index contributed by atoms with van der Waals surface area (Å²) < 4.78 is 0. The fraction of sp³-hybridized carbons (Fsp3) is 0.375. The fourth-order valence-electron chi connectivity index (χ4n) is 5.12. The van der Waals surface area contributed by atoms with Crippen LogP contribution in [0.5, 0.6) is 0 Å². The molecule has 1 aliphatic carbocycles. The summed E-state index contributed by atoms with van der Waals surface area (Å²) >= 11 is 1.45. The van der Waals surface area contributed by atoms with Gasteiger partial charge in [0, 0.05) is 36.9 Å². The third kappa shape index (κ3) is 8.42. The summed E-state index contributed by atoms with van der Waals surface area (Å²) in [6.45, 7) is 2.37. The van der Waals surface area contributed by atoms with Gasteiger partial charge in [-0.2, -0.15) is 0 Å². The number of non-ortho nitro benzene ring substituents is 1. The minimum Gasteiger partial charge on any atom is -0.352 e. The van der Waals surface area contributed by atoms with E-state index < -0.39 is 11.0 Å². The summed E-state index contributed by atoms with van der Waals surface area (Å²) in [6.07, 6.45) is 5.80. The average Bonchev–Trinajstić information content (AvgIpc) is 2.97. The number of nitrogens with zero attached hydrogens (tertiary/aromatic N) is 2. The standard InChI is InChI=1S/C32H37N3O4S/c1-24-10-8-9-13-27(24)21-34(31(36)23-40-22-26-16-18-29(19-17-26)35(38)39)30(20-25-11-4-2-5-12-25)32(37)33-28-14-6-3-7-15-28/h2,4-5,8-13,16-19,28,30H,3,6-7,14-15,20-23H2,1H3,(H,33,37)/t30-/m1/s1. The lowest BCUT2D eigenvalue weighted by atomic mass is 9.94. The number of hydrogen-bond donors (Lipinski definition) is 1. The van der Waals surface area contributed by atoms with Gasteiger partial charge in [0.05, 0.1) is 10.7 Å². The molecule has 3 aromatic rings. The molecule has 0 heterocycles. The van der Waals surface area contributed by atoms with E-state index >= 15 is 0 Å². The second-order valence-electron chi connectivity index (χ2n) is 10.4. The van der Waals surface area contributed by atoms with Gasteiger partial charge in [0.15, 0.2) is 0 Å². The second kappa shape index (κ2) is 14.7. The van der Waals surface area contributed by atoms with Crippen molar-refractivity contribution in [1.29, 1.82) is 0 Å². The van der Waals surface area contributed by atoms with Gasteiger partial charge in [0.1, 0.15) is 6.04 Å². The second-order valence-corrected chi connectivity index (χ2v) is 11.4. The van der Waals surface area contributed by atoms with Crippen molar-refractivity contribution in [3.05, 3.63) is 111 Å². The van der Waals surface area contributed by atoms with Crippen LogP contribution in [0, 0.1) is 17.0 Å². The fourth-order valence-corrected chi connectivity index (χ4v) is 5.99. The molecule has 8 heteroatoms. The summed E-state index contributed by atoms with van der Waals surface area (Å²) in [5.74, 6) is 0.540. The molecule has 0 aromatic heterocycles. The number of nitro groups is 1. The van der Waals surface area contributed by atoms with Gasteiger partial charge in [-0.1, -0.05) is 86.0 Å². The topological polar surface area (TPSA) is 92.6 Å². The number of carbonyl (C=O) groups is 2. The van der Waals surface area contributed by atoms with Crippen molar-refractivity contribution < 1.29 is 14.5 Å². The van der Waals surface area contributed by atoms with E-state index in [0.717, 1.165) is 47.9 Å². The SMILES string of the molecule is Cc1ccccc1CN(C(=O)CSCc1ccc([N+](=O)[O-])cc1)[C@H](Cc1ccccc1)C(=O)NC1CCCCC1. The molecule has 0 aliphatic heterocycles. The Morgan fingerprint density at radius 2 is 1.62 bits per heavy atom. The predicted molar refractivity (Wildman–Crippen MR) is 160 cm³/mol. The molecule has 1 atom stereocenters. The Hall–Kier alpha value is -3.65. The minimum absolute atomic E-state index is 0.0435. The molecule has 210 valence electrons. The highest BCUT2D eigenvalue weighted by molar-refractivity contribution is 7.99. The molecule has 1 N–H and O–H groups in total. The van der Waals surface area contributed by atoms with Crippen LogP contribution in [0.2, 0.25) is 0 Å². The monoisotopic (exact) mass is 559 g/mol. The van der Waals surface area contributed by atoms with E-state index in [4.69, 9.17) is 0 Å². The van der Waals surface area contributed by atoms with Crippen LogP contribution in [-0.4, -0.2) is 39.5 Å². The Labute approximate surface area is 240 Å². The Kier molecular flexibility index (Phi) is 10.7. The molecular formula is C32H37N3O4S. The Morgan fingerprint density at radius 3 is 2.30 bits per heavy atom. The maximum absolute atomic E-state index is 13.9. The summed E-state index contributed by atoms with van der Waals surface area (Å²) in [7, 11) is 0. The van der Waals surface area contributed by atoms with E-state index in [1.54, 1.807) is 17.0 Å². The number of carbonyl (C=O) groups excluding carboxylic acids is 2. The highest BCUT2D eigenvalue weighted by Gasteiger charge is 2.32. The zero-order valence-corrected chi connectivity index (χ0v) is 23.8. The summed E-state index contributed by atoms with van der Waals surface area (Å²) in [4.78, 5) is 40.0. The van der Waals surface area contributed by atoms with E-state index in [0.29, 0.717) is 18.7 Å². The number of amides is 2. The summed E-state index contributed by atoms with van der Waals surface area (Å²) in [5.41, 5.74) is 4.05. The van der Waals surface area contributed by atoms with Crippen molar-refractivity contribution in [3.8, 4) is 0 Å². The van der Waals surface area contributed by atoms with Gasteiger partial charge < -0.3 is 10.2 Å². The van der Waals surface area contributed by atoms with Crippen LogP contribution in [-0.2, 0) is 28.3 Å². The number of benzene rings is 3. The van der Waals surface area contributed by atoms with E-state index in [2.05, 4.69) is 5.32 Å². The Balaban J connectivity index is 1.55. The van der Waals surface area contributed by atoms with Gasteiger partial charge in [-0.15, -0.1) is 11.8 Å². The molecule has 3 aromatic carbocycles. The molecule has 0 radical (unpaired) electrons. The number of nitrogens with one attached hydrogen (secondary N) is 1. The average molecular weight is 560 g/mol. The van der Waals surface area contributed by atoms with E-state index in [1.165, 1.54) is 30.3 Å². The first kappa shape index (κ1) is 29.3. The van der Waals surface area contributed by atoms with Gasteiger partial charge >= 0.3 is 0 Å². The Bertz CT molecular complexity index is 1280. The molecule has 2 amide bonds. The number of hydrogen-bond acceptors (Lipinski definition) is 5. The molecule has 0 bridgehead atoms. The summed E-state index contributed by atoms with van der Waals surface area (Å²) in [5, 5.41) is 14.2. The van der Waals surface area contributed by atoms with Crippen LogP contribution in [0.15, 0.2) is 78.9 Å². The van der Waals surface area contributed by atoms with Gasteiger partial charge in [0.25, 0.3) is 5.69 Å². The van der Waals surface area contributed by atoms with Crippen molar-refractivity contribution in [2.75, 3.05) is 5.75 Å². The first-order valence-corrected chi connectivity index (χ1v) is 15.1. The van der Waals surface area contributed by atoms with Crippen molar-refractivity contribution in [2.24, 2.45) is 0 Å². The molecule has 1 fully saturated rings. The van der Waals surface area contributed by atoms with Crippen LogP contribution >= 0.6 is 11.8 Å². The number of thioether (sulfide) groups is 1. The van der Waals surface area contributed by atoms with E-state index in [1.807, 2.05) is 61.5 Å². The third-order valence-corrected chi connectivity index (χ3v) is 8.45. The first-order chi connectivity index (χ1) is 19.4. The van der Waals surface area contributed by atoms with Crippen LogP contribution in [0.3, 0.4) is 0 Å². The van der Waals surface area contributed by atoms with Crippen molar-refractivity contribution in [1.82, 2.24) is 10.2 Å². The normalized spacial score (nSPS) is 14.3. The number of rotatable bonds is 12. The van der Waals surface area contributed by atoms with Crippen LogP contribution < -0.4 is 5.32 Å². The first-order valence-electron chi connectivity index (χ1n) is 13.9. The van der Waals surface area contributed by atoms with Crippen molar-refractivity contribution in [3.63, 3.8) is 0 Å². The molecule has 40 heavy (non-hydrogen) atoms. The van der Waals surface area contributed by atoms with Crippen LogP contribution in [0.1, 0.15) is 54.4 Å². The van der Waals surface area contributed by atoms with Crippen molar-refractivity contribution in [2.45, 2.75) is 69.8 Å². The maximum atomic E-state index is 13.9. The van der Waals surface area contributed by atoms with E-state index in [-0.39, 0.29) is 29.3 Å². The van der Waals surface area contributed by atoms with Crippen LogP contribution in [0.4, 0.5) is 5.69 Å². The highest BCUT2D eigenvalue weighted by Crippen LogP contribution is 2.22. The molecule has 0 unspecified atom stereocenters. The lowest BCUT2D eigenvalue weighted by Crippen LogP contribution is -2.53. The van der Waals surface area contributed by atoms with Gasteiger partial charge in [-0.3, -0.25) is 19.7 Å². The lowest BCUT2D eigenvalue weighted by molar-refractivity contribution is -0.384. The third-order valence-electron chi connectivity index (χ3n) is 7.47. The summed E-state index contributed by atoms with van der Waals surface area (Å²) in [6, 6.07) is 23.7. The van der Waals surface area contributed by atoms with Gasteiger partial charge in [-0.05, 0) is 42.0 Å². The largest absolute Gasteiger partial charge is 0.352 e. The molecule has 0 spiro atoms. The van der Waals surface area contributed by atoms with E-state index in [9.17, 15) is 19.7 Å². The predicted octanol–water partition coefficient (Wildman–Crippen LogP) is 6.23. The minimum atomic E-state index is -0.642. The molecule has 4 rings (SSSR count). The smallest absolute Gasteiger partial charge is 0.269 e. The van der Waals surface area contributed by atoms with Crippen LogP contribution in [0.25, 0.3) is 0 Å². The molecule has 7 nitrogen and oxygen atoms in total. The maximum Gasteiger partial charge on any atom is 0.269 e. The molecule has 1 saturated carbocycles. The molecule has 1 aliphatic rings. The number of nitro benzene ring substituents is 1. The van der Waals surface area contributed by atoms with Crippen molar-refractivity contribution >= 4 is 29.3 Å². The lowest BCUT2D eigenvalue weighted by Gasteiger charge is -2.34. The Morgan fingerprint density at radius 1 is 0.950 bits per heavy atom. The highest BCUT2D eigenvalue weighted by atomic mass is 32.2. The van der Waals surface area contributed by atoms with Gasteiger partial charge in [-0.25, -0.2) is 0 Å². The zero-order chi connectivity index (χ0) is 28.3. The zero-order valence-electron chi connectivity index (χ0n) is 23.0. The number of aryl methyl sites for hydroxylation is 1. The molecule has 0 saturated heterocycles. The molecular weight excluding hydrogens is 522 g/mol. The van der Waals surface area contributed by atoms with Gasteiger partial charge in [0.2, 0.25) is 11.8 Å².